The van der Waals surface area contributed by atoms with Crippen molar-refractivity contribution in [2.45, 2.75) is 18.9 Å². The van der Waals surface area contributed by atoms with Crippen LogP contribution in [0, 0.1) is 5.92 Å². The average Bonchev–Trinajstić information content (AvgIpc) is 2.29. The summed E-state index contributed by atoms with van der Waals surface area (Å²) in [6, 6.07) is 1.48. The van der Waals surface area contributed by atoms with Gasteiger partial charge in [0.05, 0.1) is 16.7 Å². The van der Waals surface area contributed by atoms with E-state index in [0.29, 0.717) is 23.0 Å². The maximum atomic E-state index is 12.2. The average molecular weight is 270 g/mol. The van der Waals surface area contributed by atoms with Crippen LogP contribution in [-0.4, -0.2) is 40.6 Å². The van der Waals surface area contributed by atoms with Crippen LogP contribution in [0.25, 0.3) is 0 Å². The highest BCUT2D eigenvalue weighted by molar-refractivity contribution is 6.33. The van der Waals surface area contributed by atoms with Gasteiger partial charge in [-0.25, -0.2) is 4.98 Å². The van der Waals surface area contributed by atoms with Gasteiger partial charge in [0.15, 0.2) is 0 Å². The van der Waals surface area contributed by atoms with Gasteiger partial charge < -0.3 is 15.7 Å². The molecule has 2 rings (SSSR count). The molecule has 1 aliphatic rings. The Balaban J connectivity index is 2.03. The van der Waals surface area contributed by atoms with E-state index in [9.17, 15) is 9.90 Å². The lowest BCUT2D eigenvalue weighted by Crippen LogP contribution is -2.39. The highest BCUT2D eigenvalue weighted by Gasteiger charge is 2.29. The Morgan fingerprint density at radius 3 is 2.94 bits per heavy atom. The molecule has 0 aromatic carbocycles. The molecule has 0 bridgehead atoms. The van der Waals surface area contributed by atoms with E-state index in [1.165, 1.54) is 12.3 Å². The predicted molar refractivity (Wildman–Crippen MR) is 69.4 cm³/mol. The number of amides is 1. The van der Waals surface area contributed by atoms with Crippen molar-refractivity contribution in [3.63, 3.8) is 0 Å². The molecule has 0 radical (unpaired) electrons. The summed E-state index contributed by atoms with van der Waals surface area (Å²) in [5.74, 6) is 0.470. The molecule has 1 saturated carbocycles. The Morgan fingerprint density at radius 1 is 1.67 bits per heavy atom. The number of nitrogens with two attached hydrogens (primary N) is 1. The van der Waals surface area contributed by atoms with Gasteiger partial charge in [0.1, 0.15) is 5.82 Å². The fraction of sp³-hybridized carbons (Fsp3) is 0.500. The van der Waals surface area contributed by atoms with Gasteiger partial charge in [-0.05, 0) is 24.8 Å². The second-order valence-electron chi connectivity index (χ2n) is 4.77. The van der Waals surface area contributed by atoms with Gasteiger partial charge in [-0.2, -0.15) is 0 Å². The SMILES string of the molecule is CN(CC1CC(O)C1)C(=O)c1cc(N)ncc1Cl. The number of anilines is 1. The summed E-state index contributed by atoms with van der Waals surface area (Å²) in [7, 11) is 1.72. The fourth-order valence-electron chi connectivity index (χ4n) is 2.14. The molecule has 0 saturated heterocycles. The number of hydrogen-bond donors (Lipinski definition) is 2. The van der Waals surface area contributed by atoms with Crippen LogP contribution in [0.3, 0.4) is 0 Å². The Labute approximate surface area is 111 Å². The first kappa shape index (κ1) is 13.1. The van der Waals surface area contributed by atoms with Crippen LogP contribution in [0.1, 0.15) is 23.2 Å². The summed E-state index contributed by atoms with van der Waals surface area (Å²) in [6.07, 6.45) is 2.68. The third-order valence-corrected chi connectivity index (χ3v) is 3.50. The van der Waals surface area contributed by atoms with Crippen LogP contribution in [0.2, 0.25) is 5.02 Å². The summed E-state index contributed by atoms with van der Waals surface area (Å²) < 4.78 is 0. The summed E-state index contributed by atoms with van der Waals surface area (Å²) >= 11 is 5.94. The van der Waals surface area contributed by atoms with E-state index in [1.54, 1.807) is 11.9 Å². The largest absolute Gasteiger partial charge is 0.393 e. The number of nitrogens with zero attached hydrogens (tertiary/aromatic N) is 2. The molecular formula is C12H16ClN3O2. The number of nitrogen functional groups attached to an aromatic ring is 1. The lowest BCUT2D eigenvalue weighted by molar-refractivity contribution is 0.0265. The molecule has 6 heteroatoms. The normalized spacial score (nSPS) is 22.4. The van der Waals surface area contributed by atoms with Crippen molar-refractivity contribution in [2.75, 3.05) is 19.3 Å². The third kappa shape index (κ3) is 2.73. The molecule has 1 fully saturated rings. The Hall–Kier alpha value is -1.33. The zero-order valence-corrected chi connectivity index (χ0v) is 10.9. The number of aliphatic hydroxyl groups excluding tert-OH is 1. The molecule has 1 aromatic heterocycles. The van der Waals surface area contributed by atoms with Crippen molar-refractivity contribution in [3.8, 4) is 0 Å². The quantitative estimate of drug-likeness (QED) is 0.863. The number of aliphatic hydroxyl groups is 1. The third-order valence-electron chi connectivity index (χ3n) is 3.20. The zero-order chi connectivity index (χ0) is 13.3. The minimum absolute atomic E-state index is 0.171. The smallest absolute Gasteiger partial charge is 0.255 e. The van der Waals surface area contributed by atoms with Gasteiger partial charge in [-0.3, -0.25) is 4.79 Å². The lowest BCUT2D eigenvalue weighted by atomic mass is 9.82. The van der Waals surface area contributed by atoms with Crippen LogP contribution >= 0.6 is 11.6 Å². The van der Waals surface area contributed by atoms with Crippen LogP contribution < -0.4 is 5.73 Å². The molecule has 1 heterocycles. The van der Waals surface area contributed by atoms with Gasteiger partial charge in [0.25, 0.3) is 5.91 Å². The Bertz CT molecular complexity index is 461. The van der Waals surface area contributed by atoms with Gasteiger partial charge in [-0.1, -0.05) is 11.6 Å². The highest BCUT2D eigenvalue weighted by atomic mass is 35.5. The second kappa shape index (κ2) is 5.12. The maximum Gasteiger partial charge on any atom is 0.255 e. The van der Waals surface area contributed by atoms with Gasteiger partial charge in [0.2, 0.25) is 0 Å². The standard InChI is InChI=1S/C12H16ClN3O2/c1-16(6-7-2-8(17)3-7)12(18)9-4-11(14)15-5-10(9)13/h4-5,7-8,17H,2-3,6H2,1H3,(H2,14,15). The summed E-state index contributed by atoms with van der Waals surface area (Å²) in [5, 5.41) is 9.52. The number of carbonyl (C=O) groups excluding carboxylic acids is 1. The molecule has 3 N–H and O–H groups in total. The molecule has 18 heavy (non-hydrogen) atoms. The molecule has 98 valence electrons. The van der Waals surface area contributed by atoms with Crippen LogP contribution in [0.15, 0.2) is 12.3 Å². The highest BCUT2D eigenvalue weighted by Crippen LogP contribution is 2.28. The van der Waals surface area contributed by atoms with Crippen molar-refractivity contribution < 1.29 is 9.90 Å². The van der Waals surface area contributed by atoms with Crippen LogP contribution in [-0.2, 0) is 0 Å². The molecule has 0 spiro atoms. The second-order valence-corrected chi connectivity index (χ2v) is 5.17. The van der Waals surface area contributed by atoms with Gasteiger partial charge >= 0.3 is 0 Å². The zero-order valence-electron chi connectivity index (χ0n) is 10.1. The maximum absolute atomic E-state index is 12.2. The number of pyridine rings is 1. The van der Waals surface area contributed by atoms with Gasteiger partial charge in [0, 0.05) is 19.8 Å². The van der Waals surface area contributed by atoms with Gasteiger partial charge in [-0.15, -0.1) is 0 Å². The lowest BCUT2D eigenvalue weighted by Gasteiger charge is -2.34. The van der Waals surface area contributed by atoms with E-state index in [4.69, 9.17) is 17.3 Å². The molecule has 0 atom stereocenters. The van der Waals surface area contributed by atoms with Crippen molar-refractivity contribution in [3.05, 3.63) is 22.8 Å². The fourth-order valence-corrected chi connectivity index (χ4v) is 2.33. The number of hydrogen-bond acceptors (Lipinski definition) is 4. The van der Waals surface area contributed by atoms with Crippen molar-refractivity contribution in [1.29, 1.82) is 0 Å². The number of rotatable bonds is 3. The van der Waals surface area contributed by atoms with Crippen molar-refractivity contribution in [2.24, 2.45) is 5.92 Å². The van der Waals surface area contributed by atoms with E-state index >= 15 is 0 Å². The molecule has 1 aromatic rings. The first-order chi connectivity index (χ1) is 8.47. The molecule has 1 amide bonds. The minimum atomic E-state index is -0.210. The van der Waals surface area contributed by atoms with E-state index in [2.05, 4.69) is 4.98 Å². The van der Waals surface area contributed by atoms with Crippen molar-refractivity contribution in [1.82, 2.24) is 9.88 Å². The van der Waals surface area contributed by atoms with E-state index in [-0.39, 0.29) is 17.8 Å². The predicted octanol–water partition coefficient (Wildman–Crippen LogP) is 1.16. The molecule has 5 nitrogen and oxygen atoms in total. The molecule has 0 unspecified atom stereocenters. The van der Waals surface area contributed by atoms with E-state index < -0.39 is 0 Å². The Morgan fingerprint density at radius 2 is 2.33 bits per heavy atom. The minimum Gasteiger partial charge on any atom is -0.393 e. The summed E-state index contributed by atoms with van der Waals surface area (Å²) in [5.41, 5.74) is 5.92. The van der Waals surface area contributed by atoms with E-state index in [1.807, 2.05) is 0 Å². The monoisotopic (exact) mass is 269 g/mol. The van der Waals surface area contributed by atoms with Crippen molar-refractivity contribution >= 4 is 23.3 Å². The summed E-state index contributed by atoms with van der Waals surface area (Å²) in [4.78, 5) is 17.6. The first-order valence-corrected chi connectivity index (χ1v) is 6.19. The van der Waals surface area contributed by atoms with E-state index in [0.717, 1.165) is 12.8 Å². The number of aromatic nitrogens is 1. The Kier molecular flexibility index (Phi) is 3.73. The molecule has 1 aliphatic carbocycles. The molecule has 0 aliphatic heterocycles. The number of halogens is 1. The van der Waals surface area contributed by atoms with Crippen LogP contribution in [0.5, 0.6) is 0 Å². The van der Waals surface area contributed by atoms with Crippen LogP contribution in [0.4, 0.5) is 5.82 Å². The number of carbonyl (C=O) groups is 1. The topological polar surface area (TPSA) is 79.5 Å². The summed E-state index contributed by atoms with van der Waals surface area (Å²) in [6.45, 7) is 0.619. The first-order valence-electron chi connectivity index (χ1n) is 5.82. The molecular weight excluding hydrogens is 254 g/mol.